The van der Waals surface area contributed by atoms with Crippen LogP contribution in [-0.4, -0.2) is 40.1 Å². The second-order valence-corrected chi connectivity index (χ2v) is 7.47. The fourth-order valence-corrected chi connectivity index (χ4v) is 3.97. The molecule has 1 aromatic heterocycles. The van der Waals surface area contributed by atoms with Gasteiger partial charge in [-0.1, -0.05) is 41.4 Å². The van der Waals surface area contributed by atoms with Gasteiger partial charge in [-0.05, 0) is 48.4 Å². The normalized spacial score (nSPS) is 16.7. The van der Waals surface area contributed by atoms with Crippen LogP contribution in [0.15, 0.2) is 54.6 Å². The SMILES string of the molecule is O=C(c1ccc(-c2ccc(-c3c(Cl)cccc3Cl)[nH]2)cc1)N1CCC(O)C1. The summed E-state index contributed by atoms with van der Waals surface area (Å²) in [5, 5.41) is 10.8. The molecular formula is C21H18Cl2N2O2. The van der Waals surface area contributed by atoms with Crippen molar-refractivity contribution < 1.29 is 9.90 Å². The number of hydrogen-bond acceptors (Lipinski definition) is 2. The molecule has 4 rings (SSSR count). The van der Waals surface area contributed by atoms with E-state index in [9.17, 15) is 9.90 Å². The molecule has 2 heterocycles. The van der Waals surface area contributed by atoms with E-state index in [0.29, 0.717) is 35.1 Å². The maximum atomic E-state index is 12.5. The third-order valence-electron chi connectivity index (χ3n) is 4.81. The molecule has 6 heteroatoms. The van der Waals surface area contributed by atoms with E-state index in [2.05, 4.69) is 4.98 Å². The Morgan fingerprint density at radius 1 is 1.00 bits per heavy atom. The Hall–Kier alpha value is -2.27. The molecule has 1 aliphatic rings. The number of carbonyl (C=O) groups is 1. The molecule has 0 aliphatic carbocycles. The summed E-state index contributed by atoms with van der Waals surface area (Å²) in [5.74, 6) is -0.0480. The number of aromatic amines is 1. The molecule has 2 aromatic carbocycles. The number of amides is 1. The molecule has 1 amide bonds. The minimum Gasteiger partial charge on any atom is -0.391 e. The van der Waals surface area contributed by atoms with E-state index in [1.807, 2.05) is 42.5 Å². The van der Waals surface area contributed by atoms with Gasteiger partial charge >= 0.3 is 0 Å². The largest absolute Gasteiger partial charge is 0.391 e. The first kappa shape index (κ1) is 18.1. The molecule has 138 valence electrons. The molecule has 0 bridgehead atoms. The smallest absolute Gasteiger partial charge is 0.253 e. The van der Waals surface area contributed by atoms with Crippen LogP contribution in [0, 0.1) is 0 Å². The van der Waals surface area contributed by atoms with Crippen molar-refractivity contribution in [2.75, 3.05) is 13.1 Å². The van der Waals surface area contributed by atoms with Crippen LogP contribution in [0.25, 0.3) is 22.5 Å². The zero-order chi connectivity index (χ0) is 19.0. The first-order valence-electron chi connectivity index (χ1n) is 8.74. The van der Waals surface area contributed by atoms with E-state index in [1.165, 1.54) is 0 Å². The van der Waals surface area contributed by atoms with Crippen LogP contribution in [0.2, 0.25) is 10.0 Å². The van der Waals surface area contributed by atoms with Gasteiger partial charge in [0.15, 0.2) is 0 Å². The van der Waals surface area contributed by atoms with E-state index in [1.54, 1.807) is 17.0 Å². The van der Waals surface area contributed by atoms with Gasteiger partial charge in [-0.2, -0.15) is 0 Å². The number of nitrogens with one attached hydrogen (secondary N) is 1. The first-order chi connectivity index (χ1) is 13.0. The zero-order valence-corrected chi connectivity index (χ0v) is 16.0. The maximum absolute atomic E-state index is 12.5. The molecule has 1 fully saturated rings. The quantitative estimate of drug-likeness (QED) is 0.659. The highest BCUT2D eigenvalue weighted by molar-refractivity contribution is 6.39. The molecule has 0 radical (unpaired) electrons. The Kier molecular flexibility index (Phi) is 4.96. The standard InChI is InChI=1S/C21H18Cl2N2O2/c22-16-2-1-3-17(23)20(16)19-9-8-18(24-19)13-4-6-14(7-5-13)21(27)25-11-10-15(26)12-25/h1-9,15,24,26H,10-12H2. The summed E-state index contributed by atoms with van der Waals surface area (Å²) in [4.78, 5) is 17.5. The molecule has 3 aromatic rings. The van der Waals surface area contributed by atoms with Crippen molar-refractivity contribution in [3.63, 3.8) is 0 Å². The van der Waals surface area contributed by atoms with Crippen molar-refractivity contribution >= 4 is 29.1 Å². The first-order valence-corrected chi connectivity index (χ1v) is 9.49. The zero-order valence-electron chi connectivity index (χ0n) is 14.5. The summed E-state index contributed by atoms with van der Waals surface area (Å²) in [7, 11) is 0. The van der Waals surface area contributed by atoms with Gasteiger partial charge in [0.1, 0.15) is 0 Å². The van der Waals surface area contributed by atoms with Crippen molar-refractivity contribution in [2.24, 2.45) is 0 Å². The van der Waals surface area contributed by atoms with Gasteiger partial charge in [0, 0.05) is 35.6 Å². The maximum Gasteiger partial charge on any atom is 0.253 e. The van der Waals surface area contributed by atoms with Gasteiger partial charge in [0.2, 0.25) is 0 Å². The Labute approximate surface area is 167 Å². The molecule has 1 unspecified atom stereocenters. The number of rotatable bonds is 3. The molecule has 27 heavy (non-hydrogen) atoms. The summed E-state index contributed by atoms with van der Waals surface area (Å²) in [6.45, 7) is 1.000. The molecule has 0 saturated carbocycles. The Bertz CT molecular complexity index is 962. The van der Waals surface area contributed by atoms with Crippen molar-refractivity contribution in [1.82, 2.24) is 9.88 Å². The number of halogens is 2. The van der Waals surface area contributed by atoms with E-state index in [-0.39, 0.29) is 5.91 Å². The van der Waals surface area contributed by atoms with Gasteiger partial charge in [0.05, 0.1) is 16.1 Å². The Morgan fingerprint density at radius 3 is 2.30 bits per heavy atom. The summed E-state index contributed by atoms with van der Waals surface area (Å²) < 4.78 is 0. The molecule has 1 aliphatic heterocycles. The fraction of sp³-hybridized carbons (Fsp3) is 0.190. The summed E-state index contributed by atoms with van der Waals surface area (Å²) in [6, 6.07) is 16.8. The van der Waals surface area contributed by atoms with Crippen LogP contribution in [0.4, 0.5) is 0 Å². The lowest BCUT2D eigenvalue weighted by molar-refractivity contribution is 0.0765. The number of likely N-dealkylation sites (tertiary alicyclic amines) is 1. The third-order valence-corrected chi connectivity index (χ3v) is 5.44. The van der Waals surface area contributed by atoms with Gasteiger partial charge in [-0.25, -0.2) is 0 Å². The number of β-amino-alcohol motifs (C(OH)–C–C–N with tert-alkyl or cyclic N) is 1. The fourth-order valence-electron chi connectivity index (χ4n) is 3.37. The molecule has 1 saturated heterocycles. The average Bonchev–Trinajstić information content (AvgIpc) is 3.31. The summed E-state index contributed by atoms with van der Waals surface area (Å²) in [6.07, 6.45) is 0.224. The number of H-pyrrole nitrogens is 1. The van der Waals surface area contributed by atoms with Crippen molar-refractivity contribution in [3.8, 4) is 22.5 Å². The number of nitrogens with zero attached hydrogens (tertiary/aromatic N) is 1. The minimum absolute atomic E-state index is 0.0480. The predicted octanol–water partition coefficient (Wildman–Crippen LogP) is 4.86. The second-order valence-electron chi connectivity index (χ2n) is 6.65. The van der Waals surface area contributed by atoms with Crippen LogP contribution in [0.1, 0.15) is 16.8 Å². The highest BCUT2D eigenvalue weighted by atomic mass is 35.5. The van der Waals surface area contributed by atoms with Crippen molar-refractivity contribution in [3.05, 3.63) is 70.2 Å². The highest BCUT2D eigenvalue weighted by Gasteiger charge is 2.25. The van der Waals surface area contributed by atoms with Crippen molar-refractivity contribution in [2.45, 2.75) is 12.5 Å². The van der Waals surface area contributed by atoms with Gasteiger partial charge < -0.3 is 15.0 Å². The van der Waals surface area contributed by atoms with Crippen LogP contribution < -0.4 is 0 Å². The number of aliphatic hydroxyl groups excluding tert-OH is 1. The number of aromatic nitrogens is 1. The Balaban J connectivity index is 1.57. The summed E-state index contributed by atoms with van der Waals surface area (Å²) >= 11 is 12.6. The lowest BCUT2D eigenvalue weighted by Gasteiger charge is -2.15. The monoisotopic (exact) mass is 400 g/mol. The second kappa shape index (κ2) is 7.39. The number of carbonyl (C=O) groups excluding carboxylic acids is 1. The van der Waals surface area contributed by atoms with Crippen molar-refractivity contribution in [1.29, 1.82) is 0 Å². The lowest BCUT2D eigenvalue weighted by atomic mass is 10.1. The van der Waals surface area contributed by atoms with Crippen LogP contribution in [0.3, 0.4) is 0 Å². The minimum atomic E-state index is -0.415. The summed E-state index contributed by atoms with van der Waals surface area (Å²) in [5.41, 5.74) is 4.10. The predicted molar refractivity (Wildman–Crippen MR) is 108 cm³/mol. The average molecular weight is 401 g/mol. The third kappa shape index (κ3) is 3.61. The highest BCUT2D eigenvalue weighted by Crippen LogP contribution is 2.35. The van der Waals surface area contributed by atoms with Gasteiger partial charge in [-0.15, -0.1) is 0 Å². The van der Waals surface area contributed by atoms with E-state index in [0.717, 1.165) is 22.5 Å². The van der Waals surface area contributed by atoms with Crippen LogP contribution in [-0.2, 0) is 0 Å². The number of hydrogen-bond donors (Lipinski definition) is 2. The number of benzene rings is 2. The lowest BCUT2D eigenvalue weighted by Crippen LogP contribution is -2.29. The topological polar surface area (TPSA) is 56.3 Å². The van der Waals surface area contributed by atoms with E-state index in [4.69, 9.17) is 23.2 Å². The molecule has 0 spiro atoms. The van der Waals surface area contributed by atoms with E-state index < -0.39 is 6.10 Å². The Morgan fingerprint density at radius 2 is 1.67 bits per heavy atom. The molecule has 1 atom stereocenters. The molecule has 4 nitrogen and oxygen atoms in total. The van der Waals surface area contributed by atoms with Gasteiger partial charge in [0.25, 0.3) is 5.91 Å². The number of aliphatic hydroxyl groups is 1. The molecular weight excluding hydrogens is 383 g/mol. The molecule has 2 N–H and O–H groups in total. The van der Waals surface area contributed by atoms with Gasteiger partial charge in [-0.3, -0.25) is 4.79 Å². The van der Waals surface area contributed by atoms with E-state index >= 15 is 0 Å². The van der Waals surface area contributed by atoms with Crippen LogP contribution in [0.5, 0.6) is 0 Å². The van der Waals surface area contributed by atoms with Crippen LogP contribution >= 0.6 is 23.2 Å².